The number of esters is 1. The van der Waals surface area contributed by atoms with E-state index in [1.165, 1.54) is 0 Å². The molecular weight excluding hydrogens is 749 g/mol. The van der Waals surface area contributed by atoms with Crippen molar-refractivity contribution in [2.45, 2.75) is 88.6 Å². The van der Waals surface area contributed by atoms with Crippen LogP contribution in [-0.2, 0) is 47.5 Å². The summed E-state index contributed by atoms with van der Waals surface area (Å²) in [5.74, 6) is 1.28. The molecule has 6 atom stereocenters. The molecule has 10 nitrogen and oxygen atoms in total. The molecule has 0 spiro atoms. The maximum atomic E-state index is 13.2. The van der Waals surface area contributed by atoms with Crippen LogP contribution in [0, 0.1) is 11.3 Å². The highest BCUT2D eigenvalue weighted by molar-refractivity contribution is 8.76. The third-order valence-electron chi connectivity index (χ3n) is 8.74. The van der Waals surface area contributed by atoms with Crippen LogP contribution in [0.1, 0.15) is 64.5 Å². The number of aliphatic hydroxyl groups excluding tert-OH is 2. The molecule has 51 heavy (non-hydrogen) atoms. The van der Waals surface area contributed by atoms with Crippen molar-refractivity contribution in [3.05, 3.63) is 59.8 Å². The van der Waals surface area contributed by atoms with E-state index in [2.05, 4.69) is 56.9 Å². The van der Waals surface area contributed by atoms with Gasteiger partial charge in [0.2, 0.25) is 0 Å². The summed E-state index contributed by atoms with van der Waals surface area (Å²) in [5, 5.41) is 21.2. The SMILES string of the molecule is CCS[N+](=S)SC(C)C(CC(C)(C)C(C)C(=O)OCCOCCOCCSSc1ccccn1)c1ccc(COCC2OCCC(O)C2O)cc1. The number of nitrogens with zero attached hydrogens (tertiary/aromatic N) is 2. The molecule has 0 saturated carbocycles. The third-order valence-corrected chi connectivity index (χ3v) is 13.4. The Morgan fingerprint density at radius 2 is 1.78 bits per heavy atom. The molecule has 1 aromatic heterocycles. The molecule has 1 saturated heterocycles. The summed E-state index contributed by atoms with van der Waals surface area (Å²) in [5.41, 5.74) is 1.79. The van der Waals surface area contributed by atoms with E-state index in [0.717, 1.165) is 34.1 Å². The van der Waals surface area contributed by atoms with Crippen molar-refractivity contribution in [3.8, 4) is 0 Å². The lowest BCUT2D eigenvalue weighted by atomic mass is 9.71. The second-order valence-electron chi connectivity index (χ2n) is 13.0. The van der Waals surface area contributed by atoms with Gasteiger partial charge in [0.1, 0.15) is 23.8 Å². The van der Waals surface area contributed by atoms with Crippen molar-refractivity contribution < 1.29 is 41.4 Å². The summed E-state index contributed by atoms with van der Waals surface area (Å²) < 4.78 is 30.1. The number of carbonyl (C=O) groups is 1. The largest absolute Gasteiger partial charge is 0.463 e. The van der Waals surface area contributed by atoms with E-state index < -0.39 is 18.3 Å². The van der Waals surface area contributed by atoms with Gasteiger partial charge in [0.15, 0.2) is 23.9 Å². The Kier molecular flexibility index (Phi) is 21.3. The van der Waals surface area contributed by atoms with Crippen LogP contribution in [0.3, 0.4) is 0 Å². The molecule has 1 fully saturated rings. The molecule has 1 aromatic carbocycles. The number of aliphatic hydroxyl groups is 2. The van der Waals surface area contributed by atoms with Crippen molar-refractivity contribution in [1.82, 2.24) is 4.98 Å². The first-order valence-electron chi connectivity index (χ1n) is 17.5. The average Bonchev–Trinajstić information content (AvgIpc) is 3.11. The predicted octanol–water partition coefficient (Wildman–Crippen LogP) is 6.71. The second kappa shape index (κ2) is 24.4. The molecule has 15 heteroatoms. The van der Waals surface area contributed by atoms with Gasteiger partial charge in [-0.2, -0.15) is 0 Å². The van der Waals surface area contributed by atoms with E-state index >= 15 is 0 Å². The number of hydrogen-bond donors (Lipinski definition) is 2. The number of ether oxygens (including phenoxy) is 5. The quantitative estimate of drug-likeness (QED) is 0.0364. The molecular formula is C36H55N2O8S5+. The zero-order chi connectivity index (χ0) is 37.1. The van der Waals surface area contributed by atoms with Crippen molar-refractivity contribution >= 4 is 63.9 Å². The van der Waals surface area contributed by atoms with Gasteiger partial charge in [0.25, 0.3) is 12.4 Å². The molecule has 2 heterocycles. The van der Waals surface area contributed by atoms with Gasteiger partial charge in [0.05, 0.1) is 62.7 Å². The molecule has 0 radical (unpaired) electrons. The van der Waals surface area contributed by atoms with Crippen LogP contribution in [0.5, 0.6) is 0 Å². The van der Waals surface area contributed by atoms with E-state index in [-0.39, 0.29) is 41.7 Å². The number of aromatic nitrogens is 1. The van der Waals surface area contributed by atoms with Crippen molar-refractivity contribution in [2.24, 2.45) is 11.3 Å². The Labute approximate surface area is 326 Å². The summed E-state index contributed by atoms with van der Waals surface area (Å²) in [7, 11) is 3.34. The zero-order valence-corrected chi connectivity index (χ0v) is 34.4. The Morgan fingerprint density at radius 3 is 2.49 bits per heavy atom. The van der Waals surface area contributed by atoms with Crippen LogP contribution in [0.4, 0.5) is 0 Å². The zero-order valence-electron chi connectivity index (χ0n) is 30.3. The summed E-state index contributed by atoms with van der Waals surface area (Å²) >= 11 is 8.81. The molecule has 3 rings (SSSR count). The predicted molar refractivity (Wildman–Crippen MR) is 211 cm³/mol. The summed E-state index contributed by atoms with van der Waals surface area (Å²) in [6.07, 6.45) is 0.692. The highest BCUT2D eigenvalue weighted by atomic mass is 33.1. The van der Waals surface area contributed by atoms with Gasteiger partial charge in [-0.3, -0.25) is 4.79 Å². The van der Waals surface area contributed by atoms with Crippen LogP contribution in [0.2, 0.25) is 0 Å². The molecule has 0 bridgehead atoms. The van der Waals surface area contributed by atoms with Gasteiger partial charge in [-0.1, -0.05) is 68.8 Å². The number of benzene rings is 1. The van der Waals surface area contributed by atoms with Gasteiger partial charge >= 0.3 is 5.97 Å². The fraction of sp³-hybridized carbons (Fsp3) is 0.667. The lowest BCUT2D eigenvalue weighted by molar-refractivity contribution is -0.156. The maximum Gasteiger partial charge on any atom is 0.309 e. The number of pyridine rings is 1. The lowest BCUT2D eigenvalue weighted by Gasteiger charge is -2.35. The summed E-state index contributed by atoms with van der Waals surface area (Å²) in [4.78, 5) is 17.5. The standard InChI is InChI=1S/C36H55N2O8S5/c1-6-48-38(47)50-27(3)30(29-12-10-28(11-13-29)24-44-25-32-34(40)31(39)14-16-45-32)23-36(4,5)26(2)35(41)46-20-19-42-17-18-43-21-22-49-51-33-9-7-8-15-37-33/h7-13,15,26-27,30-32,34,39-40H,6,14,16-25H2,1-5H3/q+1. The number of carbonyl (C=O) groups excluding carboxylic acids is 1. The Morgan fingerprint density at radius 1 is 1.06 bits per heavy atom. The number of rotatable bonds is 25. The maximum absolute atomic E-state index is 13.2. The fourth-order valence-electron chi connectivity index (χ4n) is 5.36. The topological polar surface area (TPSA) is 120 Å². The highest BCUT2D eigenvalue weighted by Gasteiger charge is 2.38. The van der Waals surface area contributed by atoms with Crippen LogP contribution in [-0.4, -0.2) is 105 Å². The van der Waals surface area contributed by atoms with Crippen molar-refractivity contribution in [3.63, 3.8) is 0 Å². The Hall–Kier alpha value is -0.980. The van der Waals surface area contributed by atoms with Gasteiger partial charge in [-0.05, 0) is 62.0 Å². The van der Waals surface area contributed by atoms with E-state index in [1.807, 2.05) is 25.1 Å². The molecule has 0 aliphatic carbocycles. The normalized spacial score (nSPS) is 19.7. The van der Waals surface area contributed by atoms with E-state index in [9.17, 15) is 15.0 Å². The minimum atomic E-state index is -0.944. The van der Waals surface area contributed by atoms with Crippen LogP contribution < -0.4 is 0 Å². The van der Waals surface area contributed by atoms with Crippen molar-refractivity contribution in [2.75, 3.05) is 57.8 Å². The minimum absolute atomic E-state index is 0.112. The van der Waals surface area contributed by atoms with Crippen LogP contribution in [0.15, 0.2) is 53.7 Å². The summed E-state index contributed by atoms with van der Waals surface area (Å²) in [6.45, 7) is 13.5. The first-order valence-corrected chi connectivity index (χ1v) is 21.9. The number of hydrogen-bond acceptors (Lipinski definition) is 14. The van der Waals surface area contributed by atoms with E-state index in [4.69, 9.17) is 36.1 Å². The molecule has 1 aliphatic rings. The molecule has 2 aromatic rings. The van der Waals surface area contributed by atoms with Crippen molar-refractivity contribution in [1.29, 1.82) is 0 Å². The van der Waals surface area contributed by atoms with E-state index in [0.29, 0.717) is 46.1 Å². The highest BCUT2D eigenvalue weighted by Crippen LogP contribution is 2.43. The first-order chi connectivity index (χ1) is 24.5. The third kappa shape index (κ3) is 16.5. The first kappa shape index (κ1) is 44.4. The molecule has 2 N–H and O–H groups in total. The van der Waals surface area contributed by atoms with Crippen LogP contribution in [0.25, 0.3) is 0 Å². The fourth-order valence-corrected chi connectivity index (χ4v) is 9.67. The lowest BCUT2D eigenvalue weighted by Crippen LogP contribution is -2.46. The summed E-state index contributed by atoms with van der Waals surface area (Å²) in [6, 6.07) is 14.2. The Balaban J connectivity index is 1.44. The molecule has 286 valence electrons. The monoisotopic (exact) mass is 803 g/mol. The van der Waals surface area contributed by atoms with Gasteiger partial charge in [-0.25, -0.2) is 4.98 Å². The minimum Gasteiger partial charge on any atom is -0.463 e. The van der Waals surface area contributed by atoms with Gasteiger partial charge in [0, 0.05) is 24.5 Å². The van der Waals surface area contributed by atoms with Crippen LogP contribution >= 0.6 is 45.5 Å². The smallest absolute Gasteiger partial charge is 0.309 e. The molecule has 6 unspecified atom stereocenters. The van der Waals surface area contributed by atoms with Gasteiger partial charge < -0.3 is 33.9 Å². The second-order valence-corrected chi connectivity index (χ2v) is 19.0. The molecule has 0 amide bonds. The Bertz CT molecular complexity index is 1280. The van der Waals surface area contributed by atoms with Gasteiger partial charge in [-0.15, -0.1) is 0 Å². The average molecular weight is 804 g/mol. The van der Waals surface area contributed by atoms with E-state index in [1.54, 1.807) is 54.4 Å². The molecule has 1 aliphatic heterocycles.